The molecule has 0 atom stereocenters. The molecule has 0 fully saturated rings. The highest BCUT2D eigenvalue weighted by Gasteiger charge is 2.14. The summed E-state index contributed by atoms with van der Waals surface area (Å²) >= 11 is 1.56. The van der Waals surface area contributed by atoms with Crippen molar-refractivity contribution >= 4 is 29.3 Å². The second kappa shape index (κ2) is 9.43. The third-order valence-electron chi connectivity index (χ3n) is 4.05. The molecule has 26 heavy (non-hydrogen) atoms. The average molecular weight is 371 g/mol. The highest BCUT2D eigenvalue weighted by Crippen LogP contribution is 2.17. The van der Waals surface area contributed by atoms with E-state index in [-0.39, 0.29) is 18.4 Å². The number of carbonyl (C=O) groups is 2. The number of nitrogens with zero attached hydrogens (tertiary/aromatic N) is 1. The number of thioether (sulfide) groups is 1. The zero-order valence-corrected chi connectivity index (χ0v) is 16.7. The fourth-order valence-corrected chi connectivity index (χ4v) is 3.44. The van der Waals surface area contributed by atoms with Crippen LogP contribution in [0.25, 0.3) is 0 Å². The van der Waals surface area contributed by atoms with Crippen LogP contribution in [0.15, 0.2) is 42.5 Å². The Morgan fingerprint density at radius 1 is 1.04 bits per heavy atom. The molecule has 0 bridgehead atoms. The molecule has 0 aliphatic carbocycles. The van der Waals surface area contributed by atoms with E-state index >= 15 is 0 Å². The Morgan fingerprint density at radius 2 is 1.77 bits per heavy atom. The Balaban J connectivity index is 1.78. The van der Waals surface area contributed by atoms with Crippen molar-refractivity contribution in [3.8, 4) is 0 Å². The van der Waals surface area contributed by atoms with Crippen molar-refractivity contribution in [1.82, 2.24) is 4.90 Å². The van der Waals surface area contributed by atoms with Crippen molar-refractivity contribution in [3.05, 3.63) is 64.7 Å². The molecule has 0 radical (unpaired) electrons. The van der Waals surface area contributed by atoms with Gasteiger partial charge in [-0.3, -0.25) is 9.59 Å². The molecule has 0 saturated carbocycles. The summed E-state index contributed by atoms with van der Waals surface area (Å²) in [6, 6.07) is 14.2. The molecule has 2 amide bonds. The first-order valence-electron chi connectivity index (χ1n) is 8.59. The summed E-state index contributed by atoms with van der Waals surface area (Å²) < 4.78 is 0. The molecule has 5 heteroatoms. The lowest BCUT2D eigenvalue weighted by atomic mass is 10.1. The highest BCUT2D eigenvalue weighted by molar-refractivity contribution is 7.99. The van der Waals surface area contributed by atoms with Crippen LogP contribution in [0.4, 0.5) is 5.69 Å². The van der Waals surface area contributed by atoms with Crippen LogP contribution in [0.2, 0.25) is 0 Å². The number of rotatable bonds is 7. The first kappa shape index (κ1) is 20.0. The zero-order valence-electron chi connectivity index (χ0n) is 15.8. The molecular weight excluding hydrogens is 344 g/mol. The van der Waals surface area contributed by atoms with E-state index in [9.17, 15) is 9.59 Å². The Bertz CT molecular complexity index is 789. The molecule has 2 rings (SSSR count). The first-order valence-corrected chi connectivity index (χ1v) is 9.75. The minimum absolute atomic E-state index is 0.0428. The monoisotopic (exact) mass is 370 g/mol. The van der Waals surface area contributed by atoms with Crippen LogP contribution < -0.4 is 5.32 Å². The fourth-order valence-electron chi connectivity index (χ4n) is 2.53. The van der Waals surface area contributed by atoms with E-state index < -0.39 is 0 Å². The second-order valence-electron chi connectivity index (χ2n) is 6.60. The summed E-state index contributed by atoms with van der Waals surface area (Å²) in [5.74, 6) is 0.925. The third-order valence-corrected chi connectivity index (χ3v) is 5.04. The highest BCUT2D eigenvalue weighted by atomic mass is 32.2. The van der Waals surface area contributed by atoms with Crippen LogP contribution in [0.1, 0.15) is 22.3 Å². The molecule has 0 aromatic heterocycles. The molecule has 1 N–H and O–H groups in total. The van der Waals surface area contributed by atoms with Crippen molar-refractivity contribution in [1.29, 1.82) is 0 Å². The van der Waals surface area contributed by atoms with Gasteiger partial charge < -0.3 is 10.2 Å². The molecule has 2 aromatic carbocycles. The lowest BCUT2D eigenvalue weighted by Crippen LogP contribution is -2.36. The van der Waals surface area contributed by atoms with Crippen LogP contribution in [-0.2, 0) is 15.3 Å². The molecular formula is C21H26N2O2S. The van der Waals surface area contributed by atoms with E-state index in [0.29, 0.717) is 5.75 Å². The Morgan fingerprint density at radius 3 is 2.50 bits per heavy atom. The summed E-state index contributed by atoms with van der Waals surface area (Å²) in [7, 11) is 1.66. The van der Waals surface area contributed by atoms with Gasteiger partial charge in [0.25, 0.3) is 0 Å². The predicted molar refractivity (Wildman–Crippen MR) is 110 cm³/mol. The van der Waals surface area contributed by atoms with Gasteiger partial charge in [-0.25, -0.2) is 0 Å². The predicted octanol–water partition coefficient (Wildman–Crippen LogP) is 3.94. The molecule has 0 unspecified atom stereocenters. The van der Waals surface area contributed by atoms with Crippen molar-refractivity contribution in [2.45, 2.75) is 26.5 Å². The number of anilines is 1. The molecule has 0 aliphatic heterocycles. The van der Waals surface area contributed by atoms with E-state index in [1.807, 2.05) is 38.1 Å². The van der Waals surface area contributed by atoms with Crippen molar-refractivity contribution in [2.24, 2.45) is 0 Å². The number of benzene rings is 2. The molecule has 2 aromatic rings. The number of carbonyl (C=O) groups excluding carboxylic acids is 2. The number of hydrogen-bond acceptors (Lipinski definition) is 3. The lowest BCUT2D eigenvalue weighted by Gasteiger charge is -2.17. The van der Waals surface area contributed by atoms with Crippen LogP contribution in [0.5, 0.6) is 0 Å². The Hall–Kier alpha value is -2.27. The first-order chi connectivity index (χ1) is 12.3. The van der Waals surface area contributed by atoms with E-state index in [0.717, 1.165) is 22.6 Å². The van der Waals surface area contributed by atoms with Gasteiger partial charge in [-0.15, -0.1) is 11.8 Å². The van der Waals surface area contributed by atoms with Crippen LogP contribution in [0.3, 0.4) is 0 Å². The minimum atomic E-state index is -0.182. The molecule has 138 valence electrons. The maximum atomic E-state index is 12.2. The molecule has 0 aliphatic rings. The molecule has 4 nitrogen and oxygen atoms in total. The van der Waals surface area contributed by atoms with E-state index in [1.165, 1.54) is 16.0 Å². The van der Waals surface area contributed by atoms with Gasteiger partial charge in [-0.1, -0.05) is 42.0 Å². The SMILES string of the molecule is Cc1cccc(CSCC(=O)N(C)CC(=O)Nc2cc(C)ccc2C)c1. The topological polar surface area (TPSA) is 49.4 Å². The van der Waals surface area contributed by atoms with Gasteiger partial charge in [-0.2, -0.15) is 0 Å². The van der Waals surface area contributed by atoms with Gasteiger partial charge in [-0.05, 0) is 43.5 Å². The van der Waals surface area contributed by atoms with Crippen molar-refractivity contribution in [2.75, 3.05) is 24.7 Å². The second-order valence-corrected chi connectivity index (χ2v) is 7.58. The van der Waals surface area contributed by atoms with Crippen molar-refractivity contribution < 1.29 is 9.59 Å². The standard InChI is InChI=1S/C21H26N2O2S/c1-15-6-5-7-18(10-15)13-26-14-21(25)23(4)12-20(24)22-19-11-16(2)8-9-17(19)3/h5-11H,12-14H2,1-4H3,(H,22,24). The zero-order chi connectivity index (χ0) is 19.1. The number of amides is 2. The van der Waals surface area contributed by atoms with Crippen LogP contribution >= 0.6 is 11.8 Å². The fraction of sp³-hybridized carbons (Fsp3) is 0.333. The number of hydrogen-bond donors (Lipinski definition) is 1. The van der Waals surface area contributed by atoms with Crippen LogP contribution in [0, 0.1) is 20.8 Å². The summed E-state index contributed by atoms with van der Waals surface area (Å²) in [6.07, 6.45) is 0. The summed E-state index contributed by atoms with van der Waals surface area (Å²) in [5.41, 5.74) is 5.31. The number of likely N-dealkylation sites (N-methyl/N-ethyl adjacent to an activating group) is 1. The average Bonchev–Trinajstić information content (AvgIpc) is 2.58. The van der Waals surface area contributed by atoms with Gasteiger partial charge in [0, 0.05) is 18.5 Å². The number of nitrogens with one attached hydrogen (secondary N) is 1. The smallest absolute Gasteiger partial charge is 0.243 e. The van der Waals surface area contributed by atoms with Gasteiger partial charge >= 0.3 is 0 Å². The minimum Gasteiger partial charge on any atom is -0.336 e. The van der Waals surface area contributed by atoms with Crippen molar-refractivity contribution in [3.63, 3.8) is 0 Å². The van der Waals surface area contributed by atoms with E-state index in [2.05, 4.69) is 30.4 Å². The normalized spacial score (nSPS) is 10.5. The summed E-state index contributed by atoms with van der Waals surface area (Å²) in [5, 5.41) is 2.89. The Kier molecular flexibility index (Phi) is 7.27. The van der Waals surface area contributed by atoms with E-state index in [4.69, 9.17) is 0 Å². The molecule has 0 spiro atoms. The quantitative estimate of drug-likeness (QED) is 0.803. The van der Waals surface area contributed by atoms with E-state index in [1.54, 1.807) is 18.8 Å². The Labute approximate surface area is 160 Å². The number of aryl methyl sites for hydroxylation is 3. The summed E-state index contributed by atoms with van der Waals surface area (Å²) in [4.78, 5) is 25.9. The molecule has 0 saturated heterocycles. The largest absolute Gasteiger partial charge is 0.336 e. The molecule has 0 heterocycles. The summed E-state index contributed by atoms with van der Waals surface area (Å²) in [6.45, 7) is 6.04. The van der Waals surface area contributed by atoms with Gasteiger partial charge in [0.05, 0.1) is 12.3 Å². The lowest BCUT2D eigenvalue weighted by molar-refractivity contribution is -0.131. The third kappa shape index (κ3) is 6.23. The maximum Gasteiger partial charge on any atom is 0.243 e. The van der Waals surface area contributed by atoms with Crippen LogP contribution in [-0.4, -0.2) is 36.1 Å². The van der Waals surface area contributed by atoms with Gasteiger partial charge in [0.1, 0.15) is 0 Å². The van der Waals surface area contributed by atoms with Gasteiger partial charge in [0.15, 0.2) is 0 Å². The van der Waals surface area contributed by atoms with Gasteiger partial charge in [0.2, 0.25) is 11.8 Å². The maximum absolute atomic E-state index is 12.2.